The van der Waals surface area contributed by atoms with E-state index in [-0.39, 0.29) is 42.9 Å². The maximum atomic E-state index is 12.8. The largest absolute Gasteiger partial charge is 0.350 e. The van der Waals surface area contributed by atoms with Gasteiger partial charge in [-0.2, -0.15) is 5.10 Å². The van der Waals surface area contributed by atoms with E-state index < -0.39 is 5.56 Å². The van der Waals surface area contributed by atoms with E-state index in [1.807, 2.05) is 12.1 Å². The summed E-state index contributed by atoms with van der Waals surface area (Å²) in [5, 5.41) is 7.33. The molecule has 0 atom stereocenters. The van der Waals surface area contributed by atoms with Crippen LogP contribution >= 0.6 is 23.4 Å². The quantitative estimate of drug-likeness (QED) is 0.742. The Balaban J connectivity index is 1.77. The molecule has 2 aromatic rings. The third kappa shape index (κ3) is 4.23. The molecule has 0 unspecified atom stereocenters. The van der Waals surface area contributed by atoms with Gasteiger partial charge in [-0.1, -0.05) is 35.9 Å². The second-order valence-electron chi connectivity index (χ2n) is 5.77. The van der Waals surface area contributed by atoms with Crippen molar-refractivity contribution in [2.75, 3.05) is 17.2 Å². The van der Waals surface area contributed by atoms with Crippen LogP contribution in [0.1, 0.15) is 5.56 Å². The van der Waals surface area contributed by atoms with Crippen LogP contribution in [0.5, 0.6) is 0 Å². The number of benzene rings is 1. The van der Waals surface area contributed by atoms with Crippen LogP contribution in [0.4, 0.5) is 5.69 Å². The van der Waals surface area contributed by atoms with Crippen molar-refractivity contribution in [2.45, 2.75) is 18.0 Å². The summed E-state index contributed by atoms with van der Waals surface area (Å²) < 4.78 is 1.05. The second-order valence-corrected chi connectivity index (χ2v) is 7.19. The van der Waals surface area contributed by atoms with Gasteiger partial charge in [-0.3, -0.25) is 14.4 Å². The van der Waals surface area contributed by atoms with Gasteiger partial charge in [0.2, 0.25) is 11.8 Å². The standard InChI is InChI=1S/C18H17ClN4O3S/c1-2-7-22-16(25)11-27-14-9-21-23(18(26)17(14)22)10-15(24)20-8-12-5-3-4-6-13(12)19/h2-6,9H,1,7-8,10-11H2,(H,20,24). The molecular weight excluding hydrogens is 388 g/mol. The van der Waals surface area contributed by atoms with Crippen molar-refractivity contribution in [1.82, 2.24) is 15.1 Å². The maximum absolute atomic E-state index is 12.8. The summed E-state index contributed by atoms with van der Waals surface area (Å²) in [7, 11) is 0. The van der Waals surface area contributed by atoms with Gasteiger partial charge in [0, 0.05) is 18.1 Å². The molecule has 0 fully saturated rings. The zero-order chi connectivity index (χ0) is 19.4. The molecule has 1 N–H and O–H groups in total. The Morgan fingerprint density at radius 2 is 2.15 bits per heavy atom. The molecule has 1 aromatic heterocycles. The van der Waals surface area contributed by atoms with Crippen LogP contribution in [0.25, 0.3) is 0 Å². The van der Waals surface area contributed by atoms with Crippen molar-refractivity contribution in [3.05, 3.63) is 64.1 Å². The van der Waals surface area contributed by atoms with Gasteiger partial charge in [0.1, 0.15) is 12.2 Å². The van der Waals surface area contributed by atoms with Crippen LogP contribution in [-0.4, -0.2) is 33.9 Å². The number of hydrogen-bond donors (Lipinski definition) is 1. The maximum Gasteiger partial charge on any atom is 0.292 e. The van der Waals surface area contributed by atoms with Gasteiger partial charge in [0.05, 0.1) is 16.8 Å². The first-order valence-corrected chi connectivity index (χ1v) is 9.52. The average molecular weight is 405 g/mol. The molecule has 3 rings (SSSR count). The second kappa shape index (κ2) is 8.41. The number of nitrogens with zero attached hydrogens (tertiary/aromatic N) is 3. The van der Waals surface area contributed by atoms with Crippen LogP contribution < -0.4 is 15.8 Å². The predicted molar refractivity (Wildman–Crippen MR) is 105 cm³/mol. The molecule has 0 saturated heterocycles. The van der Waals surface area contributed by atoms with Crippen LogP contribution in [0.15, 0.2) is 52.8 Å². The molecule has 2 amide bonds. The smallest absolute Gasteiger partial charge is 0.292 e. The molecule has 140 valence electrons. The molecule has 0 saturated carbocycles. The third-order valence-corrected chi connectivity index (χ3v) is 5.32. The van der Waals surface area contributed by atoms with E-state index in [0.29, 0.717) is 9.92 Å². The van der Waals surface area contributed by atoms with Gasteiger partial charge >= 0.3 is 0 Å². The molecule has 0 aliphatic carbocycles. The highest BCUT2D eigenvalue weighted by molar-refractivity contribution is 8.00. The SMILES string of the molecule is C=CCN1C(=O)CSc2cnn(CC(=O)NCc3ccccc3Cl)c(=O)c21. The topological polar surface area (TPSA) is 84.3 Å². The van der Waals surface area contributed by atoms with Gasteiger partial charge in [-0.15, -0.1) is 18.3 Å². The van der Waals surface area contributed by atoms with E-state index >= 15 is 0 Å². The summed E-state index contributed by atoms with van der Waals surface area (Å²) in [5.74, 6) is -0.315. The lowest BCUT2D eigenvalue weighted by Gasteiger charge is -2.27. The van der Waals surface area contributed by atoms with Gasteiger partial charge in [0.25, 0.3) is 5.56 Å². The fraction of sp³-hybridized carbons (Fsp3) is 0.222. The fourth-order valence-corrected chi connectivity index (χ4v) is 3.72. The first kappa shape index (κ1) is 19.2. The first-order chi connectivity index (χ1) is 13.0. The van der Waals surface area contributed by atoms with Crippen LogP contribution in [0, 0.1) is 0 Å². The number of carbonyl (C=O) groups is 2. The highest BCUT2D eigenvalue weighted by Gasteiger charge is 2.28. The van der Waals surface area contributed by atoms with E-state index in [0.717, 1.165) is 10.2 Å². The number of carbonyl (C=O) groups excluding carboxylic acids is 2. The Labute approximate surface area is 165 Å². The molecule has 1 aliphatic heterocycles. The molecule has 2 heterocycles. The lowest BCUT2D eigenvalue weighted by molar-refractivity contribution is -0.122. The summed E-state index contributed by atoms with van der Waals surface area (Å²) in [6.07, 6.45) is 3.06. The van der Waals surface area contributed by atoms with Gasteiger partial charge < -0.3 is 10.2 Å². The van der Waals surface area contributed by atoms with Crippen LogP contribution in [0.2, 0.25) is 5.02 Å². The predicted octanol–water partition coefficient (Wildman–Crippen LogP) is 1.84. The lowest BCUT2D eigenvalue weighted by Crippen LogP contribution is -2.42. The average Bonchev–Trinajstić information content (AvgIpc) is 2.65. The van der Waals surface area contributed by atoms with Crippen molar-refractivity contribution in [3.8, 4) is 0 Å². The minimum absolute atomic E-state index is 0.176. The Hall–Kier alpha value is -2.58. The Morgan fingerprint density at radius 1 is 1.37 bits per heavy atom. The number of amides is 2. The Morgan fingerprint density at radius 3 is 2.89 bits per heavy atom. The van der Waals surface area contributed by atoms with E-state index in [1.54, 1.807) is 18.2 Å². The number of anilines is 1. The van der Waals surface area contributed by atoms with E-state index in [1.165, 1.54) is 22.9 Å². The molecular formula is C18H17ClN4O3S. The highest BCUT2D eigenvalue weighted by atomic mass is 35.5. The molecule has 0 bridgehead atoms. The van der Waals surface area contributed by atoms with Gasteiger partial charge in [-0.25, -0.2) is 4.68 Å². The van der Waals surface area contributed by atoms with Crippen molar-refractivity contribution < 1.29 is 9.59 Å². The van der Waals surface area contributed by atoms with Gasteiger partial charge in [0.15, 0.2) is 0 Å². The van der Waals surface area contributed by atoms with Crippen molar-refractivity contribution >= 4 is 40.9 Å². The van der Waals surface area contributed by atoms with Crippen molar-refractivity contribution in [3.63, 3.8) is 0 Å². The number of halogens is 1. The molecule has 0 radical (unpaired) electrons. The van der Waals surface area contributed by atoms with Gasteiger partial charge in [-0.05, 0) is 11.6 Å². The minimum atomic E-state index is -0.484. The fourth-order valence-electron chi connectivity index (χ4n) is 2.62. The summed E-state index contributed by atoms with van der Waals surface area (Å²) >= 11 is 7.33. The van der Waals surface area contributed by atoms with Crippen molar-refractivity contribution in [2.24, 2.45) is 0 Å². The third-order valence-electron chi connectivity index (χ3n) is 3.95. The molecule has 9 heteroatoms. The molecule has 7 nitrogen and oxygen atoms in total. The molecule has 0 spiro atoms. The molecule has 27 heavy (non-hydrogen) atoms. The van der Waals surface area contributed by atoms with E-state index in [2.05, 4.69) is 17.0 Å². The van der Waals surface area contributed by atoms with Crippen LogP contribution in [0.3, 0.4) is 0 Å². The minimum Gasteiger partial charge on any atom is -0.350 e. The van der Waals surface area contributed by atoms with E-state index in [4.69, 9.17) is 11.6 Å². The normalized spacial score (nSPS) is 13.2. The summed E-state index contributed by atoms with van der Waals surface area (Å²) in [5.41, 5.74) is 0.533. The number of thioether (sulfide) groups is 1. The first-order valence-electron chi connectivity index (χ1n) is 8.15. The number of rotatable bonds is 6. The Bertz CT molecular complexity index is 960. The summed E-state index contributed by atoms with van der Waals surface area (Å²) in [6, 6.07) is 7.17. The zero-order valence-electron chi connectivity index (χ0n) is 14.4. The summed E-state index contributed by atoms with van der Waals surface area (Å²) in [4.78, 5) is 39.1. The number of nitrogens with one attached hydrogen (secondary N) is 1. The Kier molecular flexibility index (Phi) is 5.98. The molecule has 1 aromatic carbocycles. The number of aromatic nitrogens is 2. The highest BCUT2D eigenvalue weighted by Crippen LogP contribution is 2.31. The van der Waals surface area contributed by atoms with Crippen LogP contribution in [-0.2, 0) is 22.7 Å². The lowest BCUT2D eigenvalue weighted by atomic mass is 10.2. The zero-order valence-corrected chi connectivity index (χ0v) is 15.9. The monoisotopic (exact) mass is 404 g/mol. The molecule has 1 aliphatic rings. The van der Waals surface area contributed by atoms with E-state index in [9.17, 15) is 14.4 Å². The number of hydrogen-bond acceptors (Lipinski definition) is 5. The summed E-state index contributed by atoms with van der Waals surface area (Å²) in [6.45, 7) is 3.84. The van der Waals surface area contributed by atoms with Crippen molar-refractivity contribution in [1.29, 1.82) is 0 Å². The number of fused-ring (bicyclic) bond motifs is 1.